The number of carbonyl (C=O) groups excluding carboxylic acids is 1. The monoisotopic (exact) mass is 314 g/mol. The maximum atomic E-state index is 12.8. The van der Waals surface area contributed by atoms with Gasteiger partial charge in [0.1, 0.15) is 0 Å². The number of amides is 2. The fourth-order valence-electron chi connectivity index (χ4n) is 3.68. The summed E-state index contributed by atoms with van der Waals surface area (Å²) in [4.78, 5) is 14.8. The Hall–Kier alpha value is -1.81. The maximum Gasteiger partial charge on any atom is 0.318 e. The Kier molecular flexibility index (Phi) is 5.34. The fraction of sp³-hybridized carbons (Fsp3) is 0.526. The molecule has 0 saturated heterocycles. The number of rotatable bonds is 5. The highest BCUT2D eigenvalue weighted by Crippen LogP contribution is 2.34. The second-order valence-corrected chi connectivity index (χ2v) is 6.47. The van der Waals surface area contributed by atoms with Gasteiger partial charge in [-0.25, -0.2) is 4.79 Å². The summed E-state index contributed by atoms with van der Waals surface area (Å²) < 4.78 is 0. The summed E-state index contributed by atoms with van der Waals surface area (Å²) in [6, 6.07) is 8.80. The van der Waals surface area contributed by atoms with Crippen LogP contribution in [0.15, 0.2) is 36.4 Å². The number of benzene rings is 1. The van der Waals surface area contributed by atoms with Crippen molar-refractivity contribution in [3.63, 3.8) is 0 Å². The molecule has 0 aromatic heterocycles. The zero-order valence-electron chi connectivity index (χ0n) is 13.6. The molecule has 0 fully saturated rings. The molecule has 1 atom stereocenters. The number of aryl methyl sites for hydroxylation is 1. The van der Waals surface area contributed by atoms with E-state index in [1.54, 1.807) is 0 Å². The summed E-state index contributed by atoms with van der Waals surface area (Å²) in [6.07, 6.45) is 9.90. The molecule has 4 heteroatoms. The third-order valence-corrected chi connectivity index (χ3v) is 4.87. The highest BCUT2D eigenvalue weighted by Gasteiger charge is 2.29. The number of urea groups is 1. The normalized spacial score (nSPS) is 20.3. The van der Waals surface area contributed by atoms with Crippen molar-refractivity contribution in [3.05, 3.63) is 47.5 Å². The molecule has 2 amide bonds. The van der Waals surface area contributed by atoms with E-state index in [9.17, 15) is 9.90 Å². The summed E-state index contributed by atoms with van der Waals surface area (Å²) >= 11 is 0. The van der Waals surface area contributed by atoms with E-state index in [2.05, 4.69) is 41.7 Å². The molecule has 0 saturated carbocycles. The van der Waals surface area contributed by atoms with E-state index in [0.717, 1.165) is 32.1 Å². The second kappa shape index (κ2) is 7.64. The van der Waals surface area contributed by atoms with Gasteiger partial charge in [-0.3, -0.25) is 0 Å². The number of hydrogen-bond donors (Lipinski definition) is 2. The first kappa shape index (κ1) is 16.1. The summed E-state index contributed by atoms with van der Waals surface area (Å²) in [7, 11) is 0. The van der Waals surface area contributed by atoms with E-state index in [4.69, 9.17) is 0 Å². The van der Waals surface area contributed by atoms with E-state index < -0.39 is 0 Å². The van der Waals surface area contributed by atoms with E-state index in [1.165, 1.54) is 11.1 Å². The van der Waals surface area contributed by atoms with Crippen LogP contribution in [0.2, 0.25) is 0 Å². The Morgan fingerprint density at radius 3 is 2.83 bits per heavy atom. The molecule has 0 spiro atoms. The van der Waals surface area contributed by atoms with E-state index in [0.29, 0.717) is 13.0 Å². The number of carbonyl (C=O) groups is 1. The van der Waals surface area contributed by atoms with E-state index in [-0.39, 0.29) is 24.7 Å². The average molecular weight is 314 g/mol. The first-order valence-electron chi connectivity index (χ1n) is 8.70. The van der Waals surface area contributed by atoms with Gasteiger partial charge in [-0.05, 0) is 49.7 Å². The van der Waals surface area contributed by atoms with Crippen molar-refractivity contribution in [1.29, 1.82) is 0 Å². The van der Waals surface area contributed by atoms with Gasteiger partial charge in [0.15, 0.2) is 0 Å². The van der Waals surface area contributed by atoms with Gasteiger partial charge < -0.3 is 15.3 Å². The third kappa shape index (κ3) is 3.75. The molecule has 0 aliphatic heterocycles. The van der Waals surface area contributed by atoms with Crippen LogP contribution in [0.1, 0.15) is 49.3 Å². The lowest BCUT2D eigenvalue weighted by Crippen LogP contribution is -2.47. The Balaban J connectivity index is 1.77. The molecule has 124 valence electrons. The van der Waals surface area contributed by atoms with Gasteiger partial charge >= 0.3 is 6.03 Å². The molecule has 1 aromatic rings. The molecule has 1 aromatic carbocycles. The SMILES string of the molecule is O=C(NC1CC=CC1)N(CCCO)C1CCCc2ccccc21. The molecule has 1 unspecified atom stereocenters. The maximum absolute atomic E-state index is 12.8. The largest absolute Gasteiger partial charge is 0.396 e. The number of nitrogens with zero attached hydrogens (tertiary/aromatic N) is 1. The van der Waals surface area contributed by atoms with Crippen LogP contribution < -0.4 is 5.32 Å². The molecular formula is C19H26N2O2. The average Bonchev–Trinajstić information content (AvgIpc) is 3.08. The van der Waals surface area contributed by atoms with Crippen LogP contribution in [0, 0.1) is 0 Å². The number of hydrogen-bond acceptors (Lipinski definition) is 2. The van der Waals surface area contributed by atoms with Crippen molar-refractivity contribution in [2.24, 2.45) is 0 Å². The zero-order chi connectivity index (χ0) is 16.1. The minimum Gasteiger partial charge on any atom is -0.396 e. The molecule has 23 heavy (non-hydrogen) atoms. The van der Waals surface area contributed by atoms with Crippen LogP contribution in [0.5, 0.6) is 0 Å². The quantitative estimate of drug-likeness (QED) is 0.820. The second-order valence-electron chi connectivity index (χ2n) is 6.47. The number of nitrogens with one attached hydrogen (secondary N) is 1. The molecule has 3 rings (SSSR count). The van der Waals surface area contributed by atoms with Crippen molar-refractivity contribution < 1.29 is 9.90 Å². The standard InChI is InChI=1S/C19H26N2O2/c22-14-6-13-21(19(23)20-16-9-2-3-10-16)18-12-5-8-15-7-1-4-11-17(15)18/h1-4,7,11,16,18,22H,5-6,8-10,12-14H2,(H,20,23). The van der Waals surface area contributed by atoms with Crippen molar-refractivity contribution in [2.45, 2.75) is 50.6 Å². The molecule has 2 aliphatic carbocycles. The Morgan fingerprint density at radius 1 is 1.26 bits per heavy atom. The van der Waals surface area contributed by atoms with E-state index in [1.807, 2.05) is 4.90 Å². The van der Waals surface area contributed by atoms with Gasteiger partial charge in [0.25, 0.3) is 0 Å². The molecule has 2 N–H and O–H groups in total. The minimum atomic E-state index is 0.00820. The van der Waals surface area contributed by atoms with Gasteiger partial charge in [-0.15, -0.1) is 0 Å². The first-order chi connectivity index (χ1) is 11.3. The van der Waals surface area contributed by atoms with Crippen LogP contribution in [-0.4, -0.2) is 35.2 Å². The lowest BCUT2D eigenvalue weighted by Gasteiger charge is -2.36. The lowest BCUT2D eigenvalue weighted by atomic mass is 9.87. The zero-order valence-corrected chi connectivity index (χ0v) is 13.6. The highest BCUT2D eigenvalue weighted by atomic mass is 16.3. The van der Waals surface area contributed by atoms with Crippen LogP contribution in [0.25, 0.3) is 0 Å². The van der Waals surface area contributed by atoms with Crippen LogP contribution in [0.3, 0.4) is 0 Å². The van der Waals surface area contributed by atoms with Crippen LogP contribution in [-0.2, 0) is 6.42 Å². The first-order valence-corrected chi connectivity index (χ1v) is 8.70. The molecule has 0 radical (unpaired) electrons. The Bertz CT molecular complexity index is 562. The van der Waals surface area contributed by atoms with Gasteiger partial charge in [0.05, 0.1) is 6.04 Å². The number of aliphatic hydroxyl groups is 1. The third-order valence-electron chi connectivity index (χ3n) is 4.87. The van der Waals surface area contributed by atoms with Crippen molar-refractivity contribution in [2.75, 3.05) is 13.2 Å². The summed E-state index contributed by atoms with van der Waals surface area (Å²) in [5.41, 5.74) is 2.63. The predicted molar refractivity (Wildman–Crippen MR) is 91.2 cm³/mol. The summed E-state index contributed by atoms with van der Waals surface area (Å²) in [5, 5.41) is 12.4. The van der Waals surface area contributed by atoms with Crippen molar-refractivity contribution >= 4 is 6.03 Å². The van der Waals surface area contributed by atoms with Crippen LogP contribution in [0.4, 0.5) is 4.79 Å². The van der Waals surface area contributed by atoms with Crippen molar-refractivity contribution in [1.82, 2.24) is 10.2 Å². The molecular weight excluding hydrogens is 288 g/mol. The smallest absolute Gasteiger partial charge is 0.318 e. The predicted octanol–water partition coefficient (Wildman–Crippen LogP) is 3.18. The Labute approximate surface area is 138 Å². The molecule has 0 heterocycles. The summed E-state index contributed by atoms with van der Waals surface area (Å²) in [6.45, 7) is 0.713. The topological polar surface area (TPSA) is 52.6 Å². The number of aliphatic hydroxyl groups excluding tert-OH is 1. The van der Waals surface area contributed by atoms with Gasteiger partial charge in [-0.2, -0.15) is 0 Å². The minimum absolute atomic E-state index is 0.00820. The molecule has 0 bridgehead atoms. The number of fused-ring (bicyclic) bond motifs is 1. The summed E-state index contributed by atoms with van der Waals surface area (Å²) in [5.74, 6) is 0. The van der Waals surface area contributed by atoms with Crippen LogP contribution >= 0.6 is 0 Å². The molecule has 2 aliphatic rings. The fourth-order valence-corrected chi connectivity index (χ4v) is 3.68. The van der Waals surface area contributed by atoms with Gasteiger partial charge in [0, 0.05) is 19.2 Å². The molecule has 4 nitrogen and oxygen atoms in total. The van der Waals surface area contributed by atoms with Crippen molar-refractivity contribution in [3.8, 4) is 0 Å². The lowest BCUT2D eigenvalue weighted by molar-refractivity contribution is 0.155. The van der Waals surface area contributed by atoms with E-state index >= 15 is 0 Å². The Morgan fingerprint density at radius 2 is 2.04 bits per heavy atom. The van der Waals surface area contributed by atoms with Gasteiger partial charge in [0.2, 0.25) is 0 Å². The van der Waals surface area contributed by atoms with Gasteiger partial charge in [-0.1, -0.05) is 36.4 Å². The highest BCUT2D eigenvalue weighted by molar-refractivity contribution is 5.75.